The Hall–Kier alpha value is -1.09. The zero-order valence-corrected chi connectivity index (χ0v) is 10.4. The number of hydrogen-bond donors (Lipinski definition) is 1. The second-order valence-electron chi connectivity index (χ2n) is 4.67. The number of nitrogens with zero attached hydrogens (tertiary/aromatic N) is 1. The van der Waals surface area contributed by atoms with Crippen molar-refractivity contribution in [3.05, 3.63) is 29.6 Å². The van der Waals surface area contributed by atoms with Crippen LogP contribution < -0.4 is 4.90 Å². The van der Waals surface area contributed by atoms with Crippen LogP contribution >= 0.6 is 0 Å². The lowest BCUT2D eigenvalue weighted by Crippen LogP contribution is -2.41. The molecule has 0 spiro atoms. The molecular weight excluding hydrogens is 205 g/mol. The lowest BCUT2D eigenvalue weighted by molar-refractivity contribution is 0.281. The number of halogens is 1. The van der Waals surface area contributed by atoms with Gasteiger partial charge in [0.1, 0.15) is 5.82 Å². The van der Waals surface area contributed by atoms with Crippen LogP contribution in [0.1, 0.15) is 32.8 Å². The van der Waals surface area contributed by atoms with E-state index >= 15 is 0 Å². The highest BCUT2D eigenvalue weighted by atomic mass is 19.1. The van der Waals surface area contributed by atoms with Crippen molar-refractivity contribution in [2.75, 3.05) is 11.9 Å². The van der Waals surface area contributed by atoms with Gasteiger partial charge in [0.15, 0.2) is 0 Å². The van der Waals surface area contributed by atoms with E-state index in [9.17, 15) is 4.39 Å². The van der Waals surface area contributed by atoms with Gasteiger partial charge in [0.05, 0.1) is 12.3 Å². The van der Waals surface area contributed by atoms with E-state index < -0.39 is 0 Å². The molecule has 0 unspecified atom stereocenters. The molecular formula is C13H20FNO. The van der Waals surface area contributed by atoms with E-state index in [1.165, 1.54) is 6.07 Å². The summed E-state index contributed by atoms with van der Waals surface area (Å²) in [5.74, 6) is -0.282. The summed E-state index contributed by atoms with van der Waals surface area (Å²) in [5.41, 5.74) is 1.09. The standard InChI is InChI=1S/C13H20FNO/c1-5-13(2,3)15(4)12-7-6-10(9-16)8-11(12)14/h6-8,16H,5,9H2,1-4H3. The molecule has 0 aliphatic carbocycles. The summed E-state index contributed by atoms with van der Waals surface area (Å²) in [7, 11) is 1.89. The Morgan fingerprint density at radius 3 is 2.44 bits per heavy atom. The largest absolute Gasteiger partial charge is 0.392 e. The Bertz CT molecular complexity index is 363. The van der Waals surface area contributed by atoms with E-state index in [0.29, 0.717) is 11.3 Å². The van der Waals surface area contributed by atoms with Gasteiger partial charge >= 0.3 is 0 Å². The van der Waals surface area contributed by atoms with Gasteiger partial charge in [0.25, 0.3) is 0 Å². The zero-order valence-electron chi connectivity index (χ0n) is 10.4. The van der Waals surface area contributed by atoms with E-state index in [4.69, 9.17) is 5.11 Å². The third-order valence-corrected chi connectivity index (χ3v) is 3.33. The van der Waals surface area contributed by atoms with Crippen LogP contribution in [0, 0.1) is 5.82 Å². The Labute approximate surface area is 96.7 Å². The van der Waals surface area contributed by atoms with Gasteiger partial charge in [-0.15, -0.1) is 0 Å². The molecule has 1 aromatic rings. The fourth-order valence-corrected chi connectivity index (χ4v) is 1.48. The van der Waals surface area contributed by atoms with Crippen LogP contribution in [0.3, 0.4) is 0 Å². The number of rotatable bonds is 4. The molecule has 1 N–H and O–H groups in total. The van der Waals surface area contributed by atoms with Crippen molar-refractivity contribution >= 4 is 5.69 Å². The monoisotopic (exact) mass is 225 g/mol. The molecule has 0 aromatic heterocycles. The highest BCUT2D eigenvalue weighted by molar-refractivity contribution is 5.50. The number of hydrogen-bond acceptors (Lipinski definition) is 2. The molecule has 0 saturated carbocycles. The Kier molecular flexibility index (Phi) is 3.92. The van der Waals surface area contributed by atoms with E-state index in [-0.39, 0.29) is 18.0 Å². The maximum Gasteiger partial charge on any atom is 0.146 e. The average Bonchev–Trinajstić information content (AvgIpc) is 2.28. The van der Waals surface area contributed by atoms with Crippen LogP contribution in [0.5, 0.6) is 0 Å². The number of anilines is 1. The maximum atomic E-state index is 13.8. The van der Waals surface area contributed by atoms with Crippen molar-refractivity contribution in [2.24, 2.45) is 0 Å². The Morgan fingerprint density at radius 1 is 1.38 bits per heavy atom. The second-order valence-corrected chi connectivity index (χ2v) is 4.67. The van der Waals surface area contributed by atoms with Crippen LogP contribution in [0.25, 0.3) is 0 Å². The second kappa shape index (κ2) is 4.83. The molecule has 90 valence electrons. The van der Waals surface area contributed by atoms with Crippen LogP contribution in [0.4, 0.5) is 10.1 Å². The first-order valence-electron chi connectivity index (χ1n) is 5.55. The highest BCUT2D eigenvalue weighted by Gasteiger charge is 2.23. The summed E-state index contributed by atoms with van der Waals surface area (Å²) in [6.07, 6.45) is 0.935. The van der Waals surface area contributed by atoms with Gasteiger partial charge in [-0.3, -0.25) is 0 Å². The first-order chi connectivity index (χ1) is 7.42. The van der Waals surface area contributed by atoms with Crippen LogP contribution in [-0.2, 0) is 6.61 Å². The first kappa shape index (κ1) is 13.0. The van der Waals surface area contributed by atoms with Gasteiger partial charge in [0, 0.05) is 12.6 Å². The normalized spacial score (nSPS) is 11.6. The van der Waals surface area contributed by atoms with Gasteiger partial charge in [-0.1, -0.05) is 13.0 Å². The fraction of sp³-hybridized carbons (Fsp3) is 0.538. The minimum atomic E-state index is -0.282. The van der Waals surface area contributed by atoms with Crippen molar-refractivity contribution in [3.8, 4) is 0 Å². The van der Waals surface area contributed by atoms with Gasteiger partial charge in [-0.05, 0) is 38.0 Å². The summed E-state index contributed by atoms with van der Waals surface area (Å²) >= 11 is 0. The molecule has 1 rings (SSSR count). The molecule has 3 heteroatoms. The topological polar surface area (TPSA) is 23.5 Å². The summed E-state index contributed by atoms with van der Waals surface area (Å²) in [6, 6.07) is 4.86. The molecule has 0 saturated heterocycles. The summed E-state index contributed by atoms with van der Waals surface area (Å²) in [6.45, 7) is 6.10. The quantitative estimate of drug-likeness (QED) is 0.851. The number of aliphatic hydroxyl groups excluding tert-OH is 1. The molecule has 0 radical (unpaired) electrons. The molecule has 2 nitrogen and oxygen atoms in total. The van der Waals surface area contributed by atoms with Crippen molar-refractivity contribution in [1.29, 1.82) is 0 Å². The summed E-state index contributed by atoms with van der Waals surface area (Å²) in [4.78, 5) is 1.93. The van der Waals surface area contributed by atoms with E-state index in [1.54, 1.807) is 12.1 Å². The molecule has 0 atom stereocenters. The van der Waals surface area contributed by atoms with Crippen LogP contribution in [-0.4, -0.2) is 17.7 Å². The lowest BCUT2D eigenvalue weighted by Gasteiger charge is -2.37. The minimum Gasteiger partial charge on any atom is -0.392 e. The molecule has 0 heterocycles. The smallest absolute Gasteiger partial charge is 0.146 e. The predicted molar refractivity (Wildman–Crippen MR) is 65.1 cm³/mol. The molecule has 16 heavy (non-hydrogen) atoms. The Balaban J connectivity index is 3.05. The summed E-state index contributed by atoms with van der Waals surface area (Å²) in [5, 5.41) is 8.92. The third-order valence-electron chi connectivity index (χ3n) is 3.33. The minimum absolute atomic E-state index is 0.0818. The molecule has 0 bridgehead atoms. The van der Waals surface area contributed by atoms with E-state index in [0.717, 1.165) is 6.42 Å². The first-order valence-corrected chi connectivity index (χ1v) is 5.55. The molecule has 0 aliphatic rings. The fourth-order valence-electron chi connectivity index (χ4n) is 1.48. The van der Waals surface area contributed by atoms with E-state index in [1.807, 2.05) is 11.9 Å². The van der Waals surface area contributed by atoms with Gasteiger partial charge < -0.3 is 10.0 Å². The van der Waals surface area contributed by atoms with E-state index in [2.05, 4.69) is 20.8 Å². The van der Waals surface area contributed by atoms with Gasteiger partial charge in [0.2, 0.25) is 0 Å². The number of aliphatic hydroxyl groups is 1. The SMILES string of the molecule is CCC(C)(C)N(C)c1ccc(CO)cc1F. The van der Waals surface area contributed by atoms with Crippen LogP contribution in [0.15, 0.2) is 18.2 Å². The average molecular weight is 225 g/mol. The third kappa shape index (κ3) is 2.53. The van der Waals surface area contributed by atoms with Gasteiger partial charge in [-0.2, -0.15) is 0 Å². The van der Waals surface area contributed by atoms with Crippen molar-refractivity contribution in [2.45, 2.75) is 39.3 Å². The predicted octanol–water partition coefficient (Wildman–Crippen LogP) is 2.94. The van der Waals surface area contributed by atoms with Crippen molar-refractivity contribution < 1.29 is 9.50 Å². The van der Waals surface area contributed by atoms with Crippen molar-refractivity contribution in [3.63, 3.8) is 0 Å². The maximum absolute atomic E-state index is 13.8. The molecule has 0 fully saturated rings. The molecule has 0 aliphatic heterocycles. The zero-order chi connectivity index (χ0) is 12.3. The highest BCUT2D eigenvalue weighted by Crippen LogP contribution is 2.27. The van der Waals surface area contributed by atoms with Gasteiger partial charge in [-0.25, -0.2) is 4.39 Å². The van der Waals surface area contributed by atoms with Crippen molar-refractivity contribution in [1.82, 2.24) is 0 Å². The molecule has 0 amide bonds. The molecule has 1 aromatic carbocycles. The van der Waals surface area contributed by atoms with Crippen LogP contribution in [0.2, 0.25) is 0 Å². The summed E-state index contributed by atoms with van der Waals surface area (Å²) < 4.78 is 13.8. The number of benzene rings is 1. The Morgan fingerprint density at radius 2 is 2.00 bits per heavy atom. The lowest BCUT2D eigenvalue weighted by atomic mass is 9.99.